The van der Waals surface area contributed by atoms with Crippen molar-refractivity contribution in [2.45, 2.75) is 12.8 Å². The van der Waals surface area contributed by atoms with Crippen LogP contribution in [0.5, 0.6) is 0 Å². The van der Waals surface area contributed by atoms with Gasteiger partial charge in [0.1, 0.15) is 0 Å². The van der Waals surface area contributed by atoms with Crippen molar-refractivity contribution in [2.24, 2.45) is 0 Å². The predicted molar refractivity (Wildman–Crippen MR) is 56.1 cm³/mol. The van der Waals surface area contributed by atoms with Crippen LogP contribution in [0.3, 0.4) is 0 Å². The highest BCUT2D eigenvalue weighted by Crippen LogP contribution is 2.23. The standard InChI is InChI=1S/C11H9BrO/c12-10-7-3-5-8-4-1-2-6-9(8)11(10)13/h1-2,4,6-7H,3,5H2. The first-order valence-electron chi connectivity index (χ1n) is 4.27. The Hall–Kier alpha value is -0.890. The van der Waals surface area contributed by atoms with Crippen molar-refractivity contribution in [3.63, 3.8) is 0 Å². The molecule has 1 aliphatic carbocycles. The lowest BCUT2D eigenvalue weighted by Gasteiger charge is -2.02. The molecule has 66 valence electrons. The van der Waals surface area contributed by atoms with Crippen molar-refractivity contribution in [3.8, 4) is 0 Å². The number of allylic oxidation sites excluding steroid dienone is 2. The Kier molecular flexibility index (Phi) is 2.32. The molecule has 0 saturated carbocycles. The summed E-state index contributed by atoms with van der Waals surface area (Å²) in [5.74, 6) is 0.105. The molecular formula is C11H9BrO. The van der Waals surface area contributed by atoms with Gasteiger partial charge in [-0.2, -0.15) is 0 Å². The van der Waals surface area contributed by atoms with Crippen LogP contribution in [0.2, 0.25) is 0 Å². The van der Waals surface area contributed by atoms with Crippen LogP contribution in [0.4, 0.5) is 0 Å². The largest absolute Gasteiger partial charge is 0.288 e. The van der Waals surface area contributed by atoms with Crippen LogP contribution in [0, 0.1) is 0 Å². The second kappa shape index (κ2) is 3.46. The number of rotatable bonds is 0. The number of hydrogen-bond acceptors (Lipinski definition) is 1. The predicted octanol–water partition coefficient (Wildman–Crippen LogP) is 3.09. The third-order valence-corrected chi connectivity index (χ3v) is 2.90. The molecule has 0 spiro atoms. The van der Waals surface area contributed by atoms with Gasteiger partial charge in [0.2, 0.25) is 0 Å². The average Bonchev–Trinajstić information content (AvgIpc) is 2.29. The molecule has 2 heteroatoms. The maximum atomic E-state index is 11.7. The van der Waals surface area contributed by atoms with E-state index >= 15 is 0 Å². The Morgan fingerprint density at radius 1 is 1.23 bits per heavy atom. The number of carbonyl (C=O) groups excluding carboxylic acids is 1. The van der Waals surface area contributed by atoms with Gasteiger partial charge in [0, 0.05) is 5.56 Å². The molecular weight excluding hydrogens is 228 g/mol. The van der Waals surface area contributed by atoms with Crippen molar-refractivity contribution in [1.82, 2.24) is 0 Å². The molecule has 1 aromatic carbocycles. The molecule has 2 rings (SSSR count). The molecule has 1 aliphatic rings. The van der Waals surface area contributed by atoms with Crippen molar-refractivity contribution >= 4 is 21.7 Å². The minimum atomic E-state index is 0.105. The van der Waals surface area contributed by atoms with Crippen LogP contribution < -0.4 is 0 Å². The Balaban J connectivity index is 2.54. The van der Waals surface area contributed by atoms with E-state index in [-0.39, 0.29) is 5.78 Å². The Bertz CT molecular complexity index is 379. The van der Waals surface area contributed by atoms with Crippen LogP contribution in [-0.2, 0) is 6.42 Å². The van der Waals surface area contributed by atoms with Crippen molar-refractivity contribution in [2.75, 3.05) is 0 Å². The Morgan fingerprint density at radius 3 is 2.85 bits per heavy atom. The number of aryl methyl sites for hydroxylation is 1. The number of carbonyl (C=O) groups is 1. The molecule has 0 atom stereocenters. The SMILES string of the molecule is O=C1C(Br)=CCCc2ccccc21. The zero-order chi connectivity index (χ0) is 9.26. The fourth-order valence-corrected chi connectivity index (χ4v) is 1.98. The quantitative estimate of drug-likeness (QED) is 0.677. The molecule has 0 N–H and O–H groups in total. The van der Waals surface area contributed by atoms with Gasteiger partial charge in [-0.05, 0) is 34.3 Å². The van der Waals surface area contributed by atoms with Gasteiger partial charge >= 0.3 is 0 Å². The third kappa shape index (κ3) is 1.59. The van der Waals surface area contributed by atoms with E-state index in [0.29, 0.717) is 4.48 Å². The molecule has 0 fully saturated rings. The maximum Gasteiger partial charge on any atom is 0.199 e. The van der Waals surface area contributed by atoms with Crippen molar-refractivity contribution in [3.05, 3.63) is 46.0 Å². The molecule has 0 bridgehead atoms. The van der Waals surface area contributed by atoms with E-state index in [1.807, 2.05) is 30.3 Å². The maximum absolute atomic E-state index is 11.7. The number of Topliss-reactive ketones (excluding diaryl/α,β-unsaturated/α-hetero) is 1. The highest BCUT2D eigenvalue weighted by molar-refractivity contribution is 9.12. The van der Waals surface area contributed by atoms with Gasteiger partial charge < -0.3 is 0 Å². The molecule has 0 saturated heterocycles. The Labute approximate surface area is 85.6 Å². The molecule has 0 aliphatic heterocycles. The summed E-state index contributed by atoms with van der Waals surface area (Å²) in [5, 5.41) is 0. The first-order valence-corrected chi connectivity index (χ1v) is 5.06. The molecule has 0 heterocycles. The highest BCUT2D eigenvalue weighted by atomic mass is 79.9. The number of halogens is 1. The summed E-state index contributed by atoms with van der Waals surface area (Å²) >= 11 is 3.29. The molecule has 13 heavy (non-hydrogen) atoms. The number of benzene rings is 1. The van der Waals surface area contributed by atoms with E-state index in [1.54, 1.807) is 0 Å². The first-order chi connectivity index (χ1) is 6.29. The molecule has 0 radical (unpaired) electrons. The van der Waals surface area contributed by atoms with Crippen LogP contribution in [0.25, 0.3) is 0 Å². The molecule has 0 amide bonds. The minimum Gasteiger partial charge on any atom is -0.288 e. The first kappa shape index (κ1) is 8.70. The summed E-state index contributed by atoms with van der Waals surface area (Å²) in [6, 6.07) is 7.79. The van der Waals surface area contributed by atoms with Gasteiger partial charge in [-0.3, -0.25) is 4.79 Å². The van der Waals surface area contributed by atoms with Gasteiger partial charge in [-0.15, -0.1) is 0 Å². The fourth-order valence-electron chi connectivity index (χ4n) is 1.54. The normalized spacial score (nSPS) is 16.1. The second-order valence-corrected chi connectivity index (χ2v) is 3.93. The lowest BCUT2D eigenvalue weighted by Crippen LogP contribution is -2.00. The van der Waals surface area contributed by atoms with E-state index in [4.69, 9.17) is 0 Å². The monoisotopic (exact) mass is 236 g/mol. The molecule has 1 aromatic rings. The molecule has 1 nitrogen and oxygen atoms in total. The molecule has 0 aromatic heterocycles. The van der Waals surface area contributed by atoms with E-state index in [9.17, 15) is 4.79 Å². The van der Waals surface area contributed by atoms with Gasteiger partial charge in [0.05, 0.1) is 4.48 Å². The van der Waals surface area contributed by atoms with Crippen molar-refractivity contribution < 1.29 is 4.79 Å². The number of hydrogen-bond donors (Lipinski definition) is 0. The van der Waals surface area contributed by atoms with E-state index in [2.05, 4.69) is 15.9 Å². The van der Waals surface area contributed by atoms with E-state index < -0.39 is 0 Å². The van der Waals surface area contributed by atoms with Crippen LogP contribution >= 0.6 is 15.9 Å². The second-order valence-electron chi connectivity index (χ2n) is 3.08. The fraction of sp³-hybridized carbons (Fsp3) is 0.182. The van der Waals surface area contributed by atoms with Gasteiger partial charge in [-0.1, -0.05) is 30.3 Å². The summed E-state index contributed by atoms with van der Waals surface area (Å²) in [5.41, 5.74) is 1.99. The summed E-state index contributed by atoms with van der Waals surface area (Å²) in [7, 11) is 0. The van der Waals surface area contributed by atoms with Gasteiger partial charge in [-0.25, -0.2) is 0 Å². The van der Waals surface area contributed by atoms with Crippen LogP contribution in [0.1, 0.15) is 22.3 Å². The lowest BCUT2D eigenvalue weighted by molar-refractivity contribution is 0.104. The van der Waals surface area contributed by atoms with Crippen molar-refractivity contribution in [1.29, 1.82) is 0 Å². The van der Waals surface area contributed by atoms with Crippen LogP contribution in [0.15, 0.2) is 34.8 Å². The topological polar surface area (TPSA) is 17.1 Å². The van der Waals surface area contributed by atoms with Gasteiger partial charge in [0.15, 0.2) is 5.78 Å². The highest BCUT2D eigenvalue weighted by Gasteiger charge is 2.15. The smallest absolute Gasteiger partial charge is 0.199 e. The lowest BCUT2D eigenvalue weighted by atomic mass is 10.0. The third-order valence-electron chi connectivity index (χ3n) is 2.22. The molecule has 0 unspecified atom stereocenters. The summed E-state index contributed by atoms with van der Waals surface area (Å²) in [6.07, 6.45) is 3.84. The van der Waals surface area contributed by atoms with Gasteiger partial charge in [0.25, 0.3) is 0 Å². The number of fused-ring (bicyclic) bond motifs is 1. The summed E-state index contributed by atoms with van der Waals surface area (Å²) in [4.78, 5) is 11.7. The minimum absolute atomic E-state index is 0.105. The van der Waals surface area contributed by atoms with E-state index in [1.165, 1.54) is 0 Å². The zero-order valence-electron chi connectivity index (χ0n) is 7.09. The Morgan fingerprint density at radius 2 is 2.00 bits per heavy atom. The van der Waals surface area contributed by atoms with E-state index in [0.717, 1.165) is 24.0 Å². The summed E-state index contributed by atoms with van der Waals surface area (Å²) in [6.45, 7) is 0. The van der Waals surface area contributed by atoms with Crippen LogP contribution in [-0.4, -0.2) is 5.78 Å². The average molecular weight is 237 g/mol. The number of ketones is 1. The summed E-state index contributed by atoms with van der Waals surface area (Å²) < 4.78 is 0.692. The zero-order valence-corrected chi connectivity index (χ0v) is 8.67.